The fraction of sp³-hybridized carbons (Fsp3) is 0. The van der Waals surface area contributed by atoms with Crippen LogP contribution in [0.4, 0.5) is 0 Å². The van der Waals surface area contributed by atoms with Gasteiger partial charge in [0.1, 0.15) is 0 Å². The average molecular weight is 294 g/mol. The van der Waals surface area contributed by atoms with E-state index in [9.17, 15) is 9.59 Å². The zero-order valence-corrected chi connectivity index (χ0v) is 11.6. The lowest BCUT2D eigenvalue weighted by Crippen LogP contribution is -1.88. The maximum Gasteiger partial charge on any atom is 0.328 e. The molecule has 2 aromatic rings. The lowest BCUT2D eigenvalue weighted by Gasteiger charge is -2.06. The molecule has 0 heterocycles. The van der Waals surface area contributed by atoms with Gasteiger partial charge in [-0.05, 0) is 34.4 Å². The van der Waals surface area contributed by atoms with Crippen LogP contribution in [0, 0.1) is 0 Å². The Labute approximate surface area is 127 Å². The van der Waals surface area contributed by atoms with Crippen LogP contribution in [-0.2, 0) is 9.59 Å². The molecular formula is C18H14O4. The van der Waals surface area contributed by atoms with E-state index in [0.717, 1.165) is 34.4 Å². The van der Waals surface area contributed by atoms with Crippen molar-refractivity contribution in [3.8, 4) is 11.1 Å². The van der Waals surface area contributed by atoms with Gasteiger partial charge in [-0.2, -0.15) is 0 Å². The molecule has 0 aliphatic rings. The Morgan fingerprint density at radius 1 is 0.773 bits per heavy atom. The molecule has 0 fully saturated rings. The van der Waals surface area contributed by atoms with E-state index in [2.05, 4.69) is 0 Å². The van der Waals surface area contributed by atoms with Crippen LogP contribution in [0.5, 0.6) is 0 Å². The molecule has 0 bridgehead atoms. The molecule has 22 heavy (non-hydrogen) atoms. The normalized spacial score (nSPS) is 11.1. The van der Waals surface area contributed by atoms with Gasteiger partial charge in [0, 0.05) is 12.2 Å². The van der Waals surface area contributed by atoms with Crippen LogP contribution in [0.1, 0.15) is 11.1 Å². The Bertz CT molecular complexity index is 740. The molecule has 2 N–H and O–H groups in total. The lowest BCUT2D eigenvalue weighted by molar-refractivity contribution is -0.132. The summed E-state index contributed by atoms with van der Waals surface area (Å²) in [4.78, 5) is 21.1. The van der Waals surface area contributed by atoms with E-state index in [0.29, 0.717) is 0 Å². The fourth-order valence-electron chi connectivity index (χ4n) is 2.01. The van der Waals surface area contributed by atoms with Gasteiger partial charge >= 0.3 is 11.9 Å². The summed E-state index contributed by atoms with van der Waals surface area (Å²) in [6.45, 7) is 0. The number of aliphatic carboxylic acids is 2. The third-order valence-corrected chi connectivity index (χ3v) is 3.01. The van der Waals surface area contributed by atoms with Crippen LogP contribution in [0.3, 0.4) is 0 Å². The first-order valence-electron chi connectivity index (χ1n) is 6.58. The van der Waals surface area contributed by atoms with Gasteiger partial charge < -0.3 is 10.2 Å². The minimum absolute atomic E-state index is 0.782. The zero-order valence-electron chi connectivity index (χ0n) is 11.6. The van der Waals surface area contributed by atoms with Gasteiger partial charge in [-0.15, -0.1) is 0 Å². The molecule has 0 aliphatic carbocycles. The molecule has 0 atom stereocenters. The van der Waals surface area contributed by atoms with Crippen LogP contribution in [-0.4, -0.2) is 22.2 Å². The second-order valence-electron chi connectivity index (χ2n) is 4.55. The van der Waals surface area contributed by atoms with Crippen LogP contribution in [0.15, 0.2) is 60.7 Å². The van der Waals surface area contributed by atoms with Crippen molar-refractivity contribution in [3.63, 3.8) is 0 Å². The number of carboxylic acid groups (broad SMARTS) is 2. The zero-order chi connectivity index (χ0) is 15.9. The van der Waals surface area contributed by atoms with E-state index in [1.165, 1.54) is 6.08 Å². The Hall–Kier alpha value is -3.14. The molecule has 0 saturated heterocycles. The summed E-state index contributed by atoms with van der Waals surface area (Å²) >= 11 is 0. The van der Waals surface area contributed by atoms with Gasteiger partial charge in [0.2, 0.25) is 0 Å². The van der Waals surface area contributed by atoms with E-state index < -0.39 is 11.9 Å². The average Bonchev–Trinajstić information content (AvgIpc) is 2.52. The third-order valence-electron chi connectivity index (χ3n) is 3.01. The Kier molecular flexibility index (Phi) is 4.88. The Balaban J connectivity index is 2.32. The van der Waals surface area contributed by atoms with Crippen molar-refractivity contribution < 1.29 is 19.8 Å². The first kappa shape index (κ1) is 15.3. The van der Waals surface area contributed by atoms with Gasteiger partial charge in [-0.25, -0.2) is 9.59 Å². The summed E-state index contributed by atoms with van der Waals surface area (Å²) < 4.78 is 0. The van der Waals surface area contributed by atoms with Gasteiger partial charge in [-0.1, -0.05) is 48.5 Å². The molecule has 2 rings (SSSR count). The number of carboxylic acids is 2. The van der Waals surface area contributed by atoms with E-state index in [4.69, 9.17) is 10.2 Å². The highest BCUT2D eigenvalue weighted by Crippen LogP contribution is 2.25. The number of hydrogen-bond donors (Lipinski definition) is 2. The molecule has 0 spiro atoms. The van der Waals surface area contributed by atoms with Crippen molar-refractivity contribution >= 4 is 24.1 Å². The van der Waals surface area contributed by atoms with Crippen LogP contribution in [0.2, 0.25) is 0 Å². The van der Waals surface area contributed by atoms with Crippen molar-refractivity contribution in [2.45, 2.75) is 0 Å². The summed E-state index contributed by atoms with van der Waals surface area (Å²) in [6.07, 6.45) is 5.25. The maximum absolute atomic E-state index is 10.6. The van der Waals surface area contributed by atoms with E-state index in [1.54, 1.807) is 6.08 Å². The molecule has 0 unspecified atom stereocenters. The molecule has 0 aromatic heterocycles. The molecule has 0 aliphatic heterocycles. The first-order valence-corrected chi connectivity index (χ1v) is 6.58. The SMILES string of the molecule is O=C(O)C=Cc1ccc(-c2ccccc2C=CC(=O)O)cc1. The molecule has 0 amide bonds. The minimum Gasteiger partial charge on any atom is -0.478 e. The number of carbonyl (C=O) groups is 2. The van der Waals surface area contributed by atoms with Crippen LogP contribution < -0.4 is 0 Å². The van der Waals surface area contributed by atoms with Gasteiger partial charge in [0.25, 0.3) is 0 Å². The number of benzene rings is 2. The van der Waals surface area contributed by atoms with Crippen molar-refractivity contribution in [2.75, 3.05) is 0 Å². The summed E-state index contributed by atoms with van der Waals surface area (Å²) in [7, 11) is 0. The molecule has 110 valence electrons. The fourth-order valence-corrected chi connectivity index (χ4v) is 2.01. The standard InChI is InChI=1S/C18H14O4/c19-17(20)11-7-13-5-8-15(9-6-13)16-4-2-1-3-14(16)10-12-18(21)22/h1-12H,(H,19,20)(H,21,22). The first-order chi connectivity index (χ1) is 10.6. The predicted octanol–water partition coefficient (Wildman–Crippen LogP) is 3.55. The smallest absolute Gasteiger partial charge is 0.328 e. The van der Waals surface area contributed by atoms with Crippen molar-refractivity contribution in [1.29, 1.82) is 0 Å². The third kappa shape index (κ3) is 4.18. The maximum atomic E-state index is 10.6. The number of hydrogen-bond acceptors (Lipinski definition) is 2. The molecule has 4 heteroatoms. The lowest BCUT2D eigenvalue weighted by atomic mass is 9.98. The summed E-state index contributed by atoms with van der Waals surface area (Å²) in [5.41, 5.74) is 3.43. The largest absolute Gasteiger partial charge is 0.478 e. The second kappa shape index (κ2) is 7.04. The Morgan fingerprint density at radius 3 is 2.00 bits per heavy atom. The van der Waals surface area contributed by atoms with Crippen LogP contribution in [0.25, 0.3) is 23.3 Å². The van der Waals surface area contributed by atoms with Crippen molar-refractivity contribution in [1.82, 2.24) is 0 Å². The van der Waals surface area contributed by atoms with Gasteiger partial charge in [0.15, 0.2) is 0 Å². The summed E-state index contributed by atoms with van der Waals surface area (Å²) in [6, 6.07) is 14.8. The second-order valence-corrected chi connectivity index (χ2v) is 4.55. The molecular weight excluding hydrogens is 280 g/mol. The highest BCUT2D eigenvalue weighted by molar-refractivity contribution is 5.88. The van der Waals surface area contributed by atoms with Gasteiger partial charge in [-0.3, -0.25) is 0 Å². The summed E-state index contributed by atoms with van der Waals surface area (Å²) in [5.74, 6) is -1.99. The quantitative estimate of drug-likeness (QED) is 0.827. The molecule has 0 radical (unpaired) electrons. The van der Waals surface area contributed by atoms with Crippen LogP contribution >= 0.6 is 0 Å². The van der Waals surface area contributed by atoms with E-state index in [1.807, 2.05) is 48.5 Å². The summed E-state index contributed by atoms with van der Waals surface area (Å²) in [5, 5.41) is 17.3. The van der Waals surface area contributed by atoms with Crippen molar-refractivity contribution in [3.05, 3.63) is 71.8 Å². The number of rotatable bonds is 5. The van der Waals surface area contributed by atoms with E-state index in [-0.39, 0.29) is 0 Å². The van der Waals surface area contributed by atoms with Crippen molar-refractivity contribution in [2.24, 2.45) is 0 Å². The molecule has 2 aromatic carbocycles. The minimum atomic E-state index is -0.996. The highest BCUT2D eigenvalue weighted by Gasteiger charge is 2.02. The van der Waals surface area contributed by atoms with E-state index >= 15 is 0 Å². The highest BCUT2D eigenvalue weighted by atomic mass is 16.4. The monoisotopic (exact) mass is 294 g/mol. The Morgan fingerprint density at radius 2 is 1.36 bits per heavy atom. The predicted molar refractivity (Wildman–Crippen MR) is 85.2 cm³/mol. The van der Waals surface area contributed by atoms with Gasteiger partial charge in [0.05, 0.1) is 0 Å². The molecule has 0 saturated carbocycles. The topological polar surface area (TPSA) is 74.6 Å². The molecule has 4 nitrogen and oxygen atoms in total.